The molecule has 1 aromatic carbocycles. The van der Waals surface area contributed by atoms with Crippen molar-refractivity contribution >= 4 is 5.97 Å². The van der Waals surface area contributed by atoms with E-state index in [1.807, 2.05) is 36.4 Å². The molecule has 19 heavy (non-hydrogen) atoms. The van der Waals surface area contributed by atoms with Gasteiger partial charge in [0.25, 0.3) is 0 Å². The molecular formula is C16H20O3. The van der Waals surface area contributed by atoms with Gasteiger partial charge >= 0.3 is 5.97 Å². The van der Waals surface area contributed by atoms with Crippen LogP contribution < -0.4 is 4.74 Å². The number of carbonyl (C=O) groups is 1. The van der Waals surface area contributed by atoms with Gasteiger partial charge in [0.2, 0.25) is 0 Å². The van der Waals surface area contributed by atoms with Gasteiger partial charge in [-0.05, 0) is 24.1 Å². The van der Waals surface area contributed by atoms with Crippen molar-refractivity contribution in [2.45, 2.75) is 26.4 Å². The van der Waals surface area contributed by atoms with Crippen LogP contribution in [0.4, 0.5) is 0 Å². The van der Waals surface area contributed by atoms with Crippen molar-refractivity contribution in [2.75, 3.05) is 7.11 Å². The Kier molecular flexibility index (Phi) is 7.10. The number of esters is 1. The topological polar surface area (TPSA) is 35.5 Å². The molecule has 0 radical (unpaired) electrons. The normalized spacial score (nSPS) is 11.1. The molecule has 0 heterocycles. The molecule has 102 valence electrons. The summed E-state index contributed by atoms with van der Waals surface area (Å²) in [6.07, 6.45) is 9.13. The lowest BCUT2D eigenvalue weighted by Crippen LogP contribution is -2.00. The van der Waals surface area contributed by atoms with E-state index in [4.69, 9.17) is 9.47 Å². The van der Waals surface area contributed by atoms with E-state index < -0.39 is 0 Å². The van der Waals surface area contributed by atoms with E-state index >= 15 is 0 Å². The molecule has 0 aromatic heterocycles. The van der Waals surface area contributed by atoms with Crippen molar-refractivity contribution in [3.8, 4) is 5.75 Å². The van der Waals surface area contributed by atoms with Crippen molar-refractivity contribution < 1.29 is 14.3 Å². The third-order valence-corrected chi connectivity index (χ3v) is 2.47. The van der Waals surface area contributed by atoms with E-state index in [9.17, 15) is 4.79 Å². The van der Waals surface area contributed by atoms with Gasteiger partial charge in [-0.1, -0.05) is 43.7 Å². The molecule has 0 atom stereocenters. The number of ether oxygens (including phenoxy) is 2. The zero-order valence-electron chi connectivity index (χ0n) is 11.5. The summed E-state index contributed by atoms with van der Waals surface area (Å²) in [6, 6.07) is 7.42. The minimum absolute atomic E-state index is 0.270. The summed E-state index contributed by atoms with van der Waals surface area (Å²) in [6.45, 7) is 2.38. The maximum atomic E-state index is 11.4. The maximum absolute atomic E-state index is 11.4. The van der Waals surface area contributed by atoms with E-state index in [0.717, 1.165) is 24.2 Å². The third kappa shape index (κ3) is 6.46. The lowest BCUT2D eigenvalue weighted by atomic mass is 10.2. The Balaban J connectivity index is 2.32. The quantitative estimate of drug-likeness (QED) is 0.426. The van der Waals surface area contributed by atoms with E-state index in [2.05, 4.69) is 6.92 Å². The number of benzene rings is 1. The SMILES string of the molecule is CCC/C=C/C=C/C(=O)OCc1ccc(OC)cc1. The molecule has 0 saturated carbocycles. The fourth-order valence-electron chi connectivity index (χ4n) is 1.40. The molecule has 0 aliphatic carbocycles. The standard InChI is InChI=1S/C16H20O3/c1-3-4-5-6-7-8-16(17)19-13-14-9-11-15(18-2)12-10-14/h5-12H,3-4,13H2,1-2H3/b6-5+,8-7+. The lowest BCUT2D eigenvalue weighted by molar-refractivity contribution is -0.139. The van der Waals surface area contributed by atoms with Crippen LogP contribution in [0.3, 0.4) is 0 Å². The van der Waals surface area contributed by atoms with Crippen molar-refractivity contribution in [2.24, 2.45) is 0 Å². The summed E-state index contributed by atoms with van der Waals surface area (Å²) in [7, 11) is 1.62. The second-order valence-electron chi connectivity index (χ2n) is 4.03. The average molecular weight is 260 g/mol. The number of hydrogen-bond donors (Lipinski definition) is 0. The van der Waals surface area contributed by atoms with Crippen LogP contribution in [-0.2, 0) is 16.1 Å². The first kappa shape index (κ1) is 15.0. The molecule has 3 nitrogen and oxygen atoms in total. The largest absolute Gasteiger partial charge is 0.497 e. The Morgan fingerprint density at radius 3 is 2.58 bits per heavy atom. The third-order valence-electron chi connectivity index (χ3n) is 2.47. The number of rotatable bonds is 7. The predicted molar refractivity (Wildman–Crippen MR) is 76.0 cm³/mol. The number of unbranched alkanes of at least 4 members (excludes halogenated alkanes) is 1. The number of hydrogen-bond acceptors (Lipinski definition) is 3. The fraction of sp³-hybridized carbons (Fsp3) is 0.312. The van der Waals surface area contributed by atoms with E-state index in [1.165, 1.54) is 6.08 Å². The highest BCUT2D eigenvalue weighted by atomic mass is 16.5. The molecule has 0 unspecified atom stereocenters. The zero-order chi connectivity index (χ0) is 13.9. The molecule has 0 aliphatic heterocycles. The zero-order valence-corrected chi connectivity index (χ0v) is 11.5. The van der Waals surface area contributed by atoms with E-state index in [0.29, 0.717) is 0 Å². The van der Waals surface area contributed by atoms with Crippen LogP contribution in [0.5, 0.6) is 5.75 Å². The monoisotopic (exact) mass is 260 g/mol. The van der Waals surface area contributed by atoms with Gasteiger partial charge in [-0.2, -0.15) is 0 Å². The highest BCUT2D eigenvalue weighted by Gasteiger charge is 1.98. The minimum atomic E-state index is -0.336. The second kappa shape index (κ2) is 8.97. The Morgan fingerprint density at radius 1 is 1.21 bits per heavy atom. The molecule has 1 aromatic rings. The van der Waals surface area contributed by atoms with Crippen LogP contribution in [0.2, 0.25) is 0 Å². The molecule has 0 saturated heterocycles. The van der Waals surface area contributed by atoms with Gasteiger partial charge in [0.1, 0.15) is 12.4 Å². The number of methoxy groups -OCH3 is 1. The van der Waals surface area contributed by atoms with Crippen molar-refractivity contribution in [1.82, 2.24) is 0 Å². The van der Waals surface area contributed by atoms with Crippen LogP contribution in [0.25, 0.3) is 0 Å². The first-order valence-electron chi connectivity index (χ1n) is 6.39. The number of carbonyl (C=O) groups excluding carboxylic acids is 1. The van der Waals surface area contributed by atoms with Gasteiger partial charge in [-0.15, -0.1) is 0 Å². The minimum Gasteiger partial charge on any atom is -0.497 e. The average Bonchev–Trinajstić information content (AvgIpc) is 2.45. The molecule has 0 amide bonds. The molecule has 0 aliphatic rings. The Bertz CT molecular complexity index is 430. The smallest absolute Gasteiger partial charge is 0.331 e. The van der Waals surface area contributed by atoms with Crippen LogP contribution in [0.15, 0.2) is 48.6 Å². The van der Waals surface area contributed by atoms with Crippen molar-refractivity contribution in [1.29, 1.82) is 0 Å². The van der Waals surface area contributed by atoms with Gasteiger partial charge in [0.15, 0.2) is 0 Å². The van der Waals surface area contributed by atoms with Gasteiger partial charge in [0.05, 0.1) is 7.11 Å². The van der Waals surface area contributed by atoms with Crippen LogP contribution in [0, 0.1) is 0 Å². The first-order valence-corrected chi connectivity index (χ1v) is 6.39. The van der Waals surface area contributed by atoms with Crippen molar-refractivity contribution in [3.05, 3.63) is 54.1 Å². The summed E-state index contributed by atoms with van der Waals surface area (Å²) < 4.78 is 10.2. The number of allylic oxidation sites excluding steroid dienone is 3. The second-order valence-corrected chi connectivity index (χ2v) is 4.03. The molecule has 0 fully saturated rings. The molecular weight excluding hydrogens is 240 g/mol. The molecule has 0 N–H and O–H groups in total. The fourth-order valence-corrected chi connectivity index (χ4v) is 1.40. The Labute approximate surface area is 114 Å². The molecule has 0 spiro atoms. The van der Waals surface area contributed by atoms with E-state index in [1.54, 1.807) is 13.2 Å². The molecule has 3 heteroatoms. The van der Waals surface area contributed by atoms with Crippen LogP contribution >= 0.6 is 0 Å². The Morgan fingerprint density at radius 2 is 1.95 bits per heavy atom. The lowest BCUT2D eigenvalue weighted by Gasteiger charge is -2.03. The summed E-state index contributed by atoms with van der Waals surface area (Å²) in [5, 5.41) is 0. The van der Waals surface area contributed by atoms with Gasteiger partial charge < -0.3 is 9.47 Å². The summed E-state index contributed by atoms with van der Waals surface area (Å²) >= 11 is 0. The predicted octanol–water partition coefficient (Wildman–Crippen LogP) is 3.65. The first-order chi connectivity index (χ1) is 9.26. The Hall–Kier alpha value is -2.03. The van der Waals surface area contributed by atoms with Crippen molar-refractivity contribution in [3.63, 3.8) is 0 Å². The summed E-state index contributed by atoms with van der Waals surface area (Å²) in [5.74, 6) is 0.452. The maximum Gasteiger partial charge on any atom is 0.331 e. The summed E-state index contributed by atoms with van der Waals surface area (Å²) in [4.78, 5) is 11.4. The van der Waals surface area contributed by atoms with E-state index in [-0.39, 0.29) is 12.6 Å². The molecule has 1 rings (SSSR count). The van der Waals surface area contributed by atoms with Gasteiger partial charge in [-0.3, -0.25) is 0 Å². The van der Waals surface area contributed by atoms with Crippen LogP contribution in [-0.4, -0.2) is 13.1 Å². The molecule has 0 bridgehead atoms. The van der Waals surface area contributed by atoms with Crippen LogP contribution in [0.1, 0.15) is 25.3 Å². The highest BCUT2D eigenvalue weighted by Crippen LogP contribution is 2.11. The summed E-state index contributed by atoms with van der Waals surface area (Å²) in [5.41, 5.74) is 0.934. The van der Waals surface area contributed by atoms with Gasteiger partial charge in [0, 0.05) is 6.08 Å². The highest BCUT2D eigenvalue weighted by molar-refractivity contribution is 5.82. The van der Waals surface area contributed by atoms with Gasteiger partial charge in [-0.25, -0.2) is 4.79 Å².